The van der Waals surface area contributed by atoms with Gasteiger partial charge in [-0.05, 0) is 37.0 Å². The van der Waals surface area contributed by atoms with Crippen molar-refractivity contribution in [3.05, 3.63) is 35.4 Å². The van der Waals surface area contributed by atoms with Crippen molar-refractivity contribution in [3.8, 4) is 0 Å². The number of rotatable bonds is 3. The fourth-order valence-corrected chi connectivity index (χ4v) is 4.93. The van der Waals surface area contributed by atoms with Gasteiger partial charge in [-0.1, -0.05) is 23.5 Å². The number of hydrogen-bond acceptors (Lipinski definition) is 4. The van der Waals surface area contributed by atoms with Crippen molar-refractivity contribution >= 4 is 33.8 Å². The van der Waals surface area contributed by atoms with Gasteiger partial charge < -0.3 is 4.90 Å². The maximum atomic E-state index is 13.3. The van der Waals surface area contributed by atoms with E-state index in [2.05, 4.69) is 4.99 Å². The van der Waals surface area contributed by atoms with Gasteiger partial charge in [-0.3, -0.25) is 9.79 Å². The molecule has 2 aliphatic rings. The van der Waals surface area contributed by atoms with E-state index in [4.69, 9.17) is 0 Å². The summed E-state index contributed by atoms with van der Waals surface area (Å²) >= 11 is 3.64. The highest BCUT2D eigenvalue weighted by molar-refractivity contribution is 8.39. The second kappa shape index (κ2) is 7.66. The van der Waals surface area contributed by atoms with Crippen LogP contribution in [0.3, 0.4) is 0 Å². The van der Waals surface area contributed by atoms with E-state index in [1.165, 1.54) is 10.4 Å². The number of carbonyl (C=O) groups is 1. The van der Waals surface area contributed by atoms with Crippen molar-refractivity contribution < 1.29 is 13.6 Å². The molecule has 2 heterocycles. The summed E-state index contributed by atoms with van der Waals surface area (Å²) < 4.78 is 27.4. The highest BCUT2D eigenvalue weighted by Gasteiger charge is 2.24. The molecule has 0 aromatic heterocycles. The summed E-state index contributed by atoms with van der Waals surface area (Å²) in [5, 5.41) is 0. The standard InChI is InChI=1S/C16H18F2N2OS2/c17-13-2-1-12(9-14(13)18)15(21)20-6-3-11(4-7-20)10-23-16-19-5-8-22-16/h1-2,9,11H,3-8,10H2. The zero-order chi connectivity index (χ0) is 16.2. The molecule has 23 heavy (non-hydrogen) atoms. The number of thioether (sulfide) groups is 2. The van der Waals surface area contributed by atoms with Gasteiger partial charge in [-0.25, -0.2) is 8.78 Å². The topological polar surface area (TPSA) is 32.7 Å². The number of nitrogens with zero attached hydrogens (tertiary/aromatic N) is 2. The first-order valence-electron chi connectivity index (χ1n) is 7.68. The van der Waals surface area contributed by atoms with Crippen LogP contribution >= 0.6 is 23.5 Å². The molecule has 0 N–H and O–H groups in total. The lowest BCUT2D eigenvalue weighted by Gasteiger charge is -2.32. The summed E-state index contributed by atoms with van der Waals surface area (Å²) in [6.07, 6.45) is 1.89. The zero-order valence-electron chi connectivity index (χ0n) is 12.6. The van der Waals surface area contributed by atoms with Crippen LogP contribution in [0.5, 0.6) is 0 Å². The minimum atomic E-state index is -0.975. The number of halogens is 2. The van der Waals surface area contributed by atoms with Gasteiger partial charge in [-0.15, -0.1) is 0 Å². The second-order valence-electron chi connectivity index (χ2n) is 5.67. The minimum Gasteiger partial charge on any atom is -0.339 e. The van der Waals surface area contributed by atoms with Gasteiger partial charge in [0.05, 0.1) is 6.54 Å². The summed E-state index contributed by atoms with van der Waals surface area (Å²) in [5.41, 5.74) is 0.216. The molecule has 3 nitrogen and oxygen atoms in total. The summed E-state index contributed by atoms with van der Waals surface area (Å²) in [5.74, 6) is 0.591. The van der Waals surface area contributed by atoms with Crippen molar-refractivity contribution in [1.29, 1.82) is 0 Å². The molecule has 0 unspecified atom stereocenters. The van der Waals surface area contributed by atoms with Crippen LogP contribution in [-0.4, -0.2) is 46.3 Å². The van der Waals surface area contributed by atoms with Crippen molar-refractivity contribution in [1.82, 2.24) is 4.90 Å². The molecule has 0 radical (unpaired) electrons. The van der Waals surface area contributed by atoms with Gasteiger partial charge in [0.25, 0.3) is 5.91 Å². The molecule has 3 rings (SSSR count). The molecule has 2 aliphatic heterocycles. The van der Waals surface area contributed by atoms with Crippen LogP contribution in [0.2, 0.25) is 0 Å². The first-order valence-corrected chi connectivity index (χ1v) is 9.65. The molecule has 0 saturated carbocycles. The maximum absolute atomic E-state index is 13.3. The van der Waals surface area contributed by atoms with Crippen molar-refractivity contribution in [2.24, 2.45) is 10.9 Å². The number of piperidine rings is 1. The Morgan fingerprint density at radius 2 is 2.09 bits per heavy atom. The smallest absolute Gasteiger partial charge is 0.253 e. The van der Waals surface area contributed by atoms with Crippen LogP contribution in [0.4, 0.5) is 8.78 Å². The van der Waals surface area contributed by atoms with Crippen LogP contribution in [0.1, 0.15) is 23.2 Å². The monoisotopic (exact) mass is 356 g/mol. The SMILES string of the molecule is O=C(c1ccc(F)c(F)c1)N1CCC(CSC2=NCCS2)CC1. The average Bonchev–Trinajstić information content (AvgIpc) is 3.09. The van der Waals surface area contributed by atoms with Gasteiger partial charge in [-0.2, -0.15) is 0 Å². The zero-order valence-corrected chi connectivity index (χ0v) is 14.3. The lowest BCUT2D eigenvalue weighted by Crippen LogP contribution is -2.39. The highest BCUT2D eigenvalue weighted by Crippen LogP contribution is 2.28. The number of amides is 1. The van der Waals surface area contributed by atoms with Crippen LogP contribution in [0.15, 0.2) is 23.2 Å². The number of aliphatic imine (C=N–C) groups is 1. The van der Waals surface area contributed by atoms with E-state index in [0.717, 1.165) is 43.0 Å². The van der Waals surface area contributed by atoms with Crippen molar-refractivity contribution in [2.45, 2.75) is 12.8 Å². The fraction of sp³-hybridized carbons (Fsp3) is 0.500. The van der Waals surface area contributed by atoms with Gasteiger partial charge in [0, 0.05) is 30.2 Å². The van der Waals surface area contributed by atoms with E-state index in [0.29, 0.717) is 19.0 Å². The summed E-state index contributed by atoms with van der Waals surface area (Å²) in [7, 11) is 0. The predicted molar refractivity (Wildman–Crippen MR) is 92.2 cm³/mol. The number of carbonyl (C=O) groups excluding carboxylic acids is 1. The Morgan fingerprint density at radius 3 is 2.74 bits per heavy atom. The van der Waals surface area contributed by atoms with Crippen LogP contribution < -0.4 is 0 Å². The maximum Gasteiger partial charge on any atom is 0.253 e. The van der Waals surface area contributed by atoms with E-state index < -0.39 is 11.6 Å². The Morgan fingerprint density at radius 1 is 1.30 bits per heavy atom. The van der Waals surface area contributed by atoms with Crippen molar-refractivity contribution in [3.63, 3.8) is 0 Å². The molecule has 1 aromatic carbocycles. The Kier molecular flexibility index (Phi) is 5.58. The second-order valence-corrected chi connectivity index (χ2v) is 8.02. The van der Waals surface area contributed by atoms with Gasteiger partial charge in [0.2, 0.25) is 0 Å². The van der Waals surface area contributed by atoms with Crippen LogP contribution in [-0.2, 0) is 0 Å². The molecule has 0 atom stereocenters. The molecule has 1 saturated heterocycles. The lowest BCUT2D eigenvalue weighted by atomic mass is 9.98. The molecule has 1 aromatic rings. The van der Waals surface area contributed by atoms with E-state index >= 15 is 0 Å². The van der Waals surface area contributed by atoms with Crippen LogP contribution in [0, 0.1) is 17.6 Å². The molecule has 0 aliphatic carbocycles. The largest absolute Gasteiger partial charge is 0.339 e. The molecule has 7 heteroatoms. The minimum absolute atomic E-state index is 0.216. The van der Waals surface area contributed by atoms with E-state index in [1.54, 1.807) is 4.90 Å². The number of likely N-dealkylation sites (tertiary alicyclic amines) is 1. The summed E-state index contributed by atoms with van der Waals surface area (Å²) in [6, 6.07) is 3.33. The molecule has 0 bridgehead atoms. The number of hydrogen-bond donors (Lipinski definition) is 0. The lowest BCUT2D eigenvalue weighted by molar-refractivity contribution is 0.0698. The normalized spacial score (nSPS) is 19.0. The summed E-state index contributed by atoms with van der Waals surface area (Å²) in [4.78, 5) is 18.5. The third kappa shape index (κ3) is 4.26. The van der Waals surface area contributed by atoms with Gasteiger partial charge >= 0.3 is 0 Å². The Bertz CT molecular complexity index is 616. The molecule has 1 fully saturated rings. The molecule has 0 spiro atoms. The Hall–Kier alpha value is -1.08. The van der Waals surface area contributed by atoms with E-state index in [1.807, 2.05) is 23.5 Å². The predicted octanol–water partition coefficient (Wildman–Crippen LogP) is 3.65. The summed E-state index contributed by atoms with van der Waals surface area (Å²) in [6.45, 7) is 2.26. The van der Waals surface area contributed by atoms with E-state index in [9.17, 15) is 13.6 Å². The fourth-order valence-electron chi connectivity index (χ4n) is 2.71. The van der Waals surface area contributed by atoms with Crippen molar-refractivity contribution in [2.75, 3.05) is 31.1 Å². The quantitative estimate of drug-likeness (QED) is 0.829. The van der Waals surface area contributed by atoms with Gasteiger partial charge in [0.15, 0.2) is 11.6 Å². The van der Waals surface area contributed by atoms with Gasteiger partial charge in [0.1, 0.15) is 4.38 Å². The average molecular weight is 356 g/mol. The Labute approximate surface area is 142 Å². The molecule has 124 valence electrons. The van der Waals surface area contributed by atoms with Crippen LogP contribution in [0.25, 0.3) is 0 Å². The molecular weight excluding hydrogens is 338 g/mol. The first-order chi connectivity index (χ1) is 11.1. The molecule has 1 amide bonds. The third-order valence-corrected chi connectivity index (χ3v) is 6.55. The number of benzene rings is 1. The Balaban J connectivity index is 1.49. The molecular formula is C16H18F2N2OS2. The highest BCUT2D eigenvalue weighted by atomic mass is 32.2. The van der Waals surface area contributed by atoms with E-state index in [-0.39, 0.29) is 11.5 Å². The third-order valence-electron chi connectivity index (χ3n) is 4.07. The first kappa shape index (κ1) is 16.8.